The number of carbonyl (C=O) groups excluding carboxylic acids is 1. The predicted molar refractivity (Wildman–Crippen MR) is 79.6 cm³/mol. The molecule has 3 rings (SSSR count). The van der Waals surface area contributed by atoms with Gasteiger partial charge >= 0.3 is 0 Å². The highest BCUT2D eigenvalue weighted by molar-refractivity contribution is 5.92. The van der Waals surface area contributed by atoms with E-state index in [4.69, 9.17) is 9.15 Å². The number of hydrogen-bond donors (Lipinski definition) is 1. The van der Waals surface area contributed by atoms with Gasteiger partial charge < -0.3 is 19.2 Å². The molecule has 122 valence electrons. The number of oxazole rings is 1. The molecule has 1 saturated heterocycles. The number of piperidine rings is 1. The van der Waals surface area contributed by atoms with Crippen LogP contribution in [0.15, 0.2) is 4.42 Å². The average molecular weight is 308 g/mol. The summed E-state index contributed by atoms with van der Waals surface area (Å²) in [5.74, 6) is 0.749. The molecule has 6 nitrogen and oxygen atoms in total. The molecule has 1 aromatic heterocycles. The van der Waals surface area contributed by atoms with Crippen molar-refractivity contribution in [1.82, 2.24) is 9.88 Å². The Morgan fingerprint density at radius 2 is 2.14 bits per heavy atom. The SMILES string of the molecule is CCOC1CC(O)C12CCN(C(=O)c1oc(C)nc1C)CC2. The zero-order valence-corrected chi connectivity index (χ0v) is 13.5. The van der Waals surface area contributed by atoms with Crippen LogP contribution in [-0.2, 0) is 4.74 Å². The van der Waals surface area contributed by atoms with Crippen LogP contribution >= 0.6 is 0 Å². The van der Waals surface area contributed by atoms with Crippen molar-refractivity contribution < 1.29 is 19.1 Å². The molecule has 1 aromatic rings. The van der Waals surface area contributed by atoms with Gasteiger partial charge in [-0.1, -0.05) is 0 Å². The number of likely N-dealkylation sites (tertiary alicyclic amines) is 1. The van der Waals surface area contributed by atoms with Crippen molar-refractivity contribution in [1.29, 1.82) is 0 Å². The van der Waals surface area contributed by atoms with Gasteiger partial charge in [0.15, 0.2) is 5.89 Å². The van der Waals surface area contributed by atoms with Crippen LogP contribution < -0.4 is 0 Å². The van der Waals surface area contributed by atoms with E-state index in [1.165, 1.54) is 0 Å². The van der Waals surface area contributed by atoms with Crippen LogP contribution in [0.4, 0.5) is 0 Å². The monoisotopic (exact) mass is 308 g/mol. The van der Waals surface area contributed by atoms with E-state index in [2.05, 4.69) is 4.98 Å². The summed E-state index contributed by atoms with van der Waals surface area (Å²) in [6, 6.07) is 0. The van der Waals surface area contributed by atoms with Crippen LogP contribution in [0.25, 0.3) is 0 Å². The standard InChI is InChI=1S/C16H24N2O4/c1-4-21-13-9-12(19)16(13)5-7-18(8-6-16)15(20)14-10(2)17-11(3)22-14/h12-13,19H,4-9H2,1-3H3. The second kappa shape index (κ2) is 5.66. The molecule has 1 spiro atoms. The zero-order chi connectivity index (χ0) is 15.9. The third kappa shape index (κ3) is 2.34. The zero-order valence-electron chi connectivity index (χ0n) is 13.5. The van der Waals surface area contributed by atoms with Crippen LogP contribution in [0, 0.1) is 19.3 Å². The lowest BCUT2D eigenvalue weighted by molar-refractivity contribution is -0.207. The molecular formula is C16H24N2O4. The number of carbonyl (C=O) groups is 1. The van der Waals surface area contributed by atoms with E-state index in [-0.39, 0.29) is 23.5 Å². The molecule has 2 unspecified atom stereocenters. The third-order valence-electron chi connectivity index (χ3n) is 5.19. The second-order valence-electron chi connectivity index (χ2n) is 6.37. The molecule has 2 atom stereocenters. The summed E-state index contributed by atoms with van der Waals surface area (Å²) in [5, 5.41) is 10.2. The fourth-order valence-electron chi connectivity index (χ4n) is 3.82. The van der Waals surface area contributed by atoms with E-state index in [0.29, 0.717) is 43.5 Å². The van der Waals surface area contributed by atoms with Gasteiger partial charge in [0, 0.05) is 38.5 Å². The minimum absolute atomic E-state index is 0.102. The smallest absolute Gasteiger partial charge is 0.291 e. The molecular weight excluding hydrogens is 284 g/mol. The predicted octanol–water partition coefficient (Wildman–Crippen LogP) is 1.68. The van der Waals surface area contributed by atoms with Gasteiger partial charge in [0.1, 0.15) is 0 Å². The Labute approximate surface area is 130 Å². The Morgan fingerprint density at radius 1 is 1.45 bits per heavy atom. The lowest BCUT2D eigenvalue weighted by atomic mass is 9.58. The number of aryl methyl sites for hydroxylation is 2. The Balaban J connectivity index is 1.67. The lowest BCUT2D eigenvalue weighted by Crippen LogP contribution is -2.62. The summed E-state index contributed by atoms with van der Waals surface area (Å²) in [6.07, 6.45) is 2.07. The quantitative estimate of drug-likeness (QED) is 0.919. The molecule has 1 saturated carbocycles. The third-order valence-corrected chi connectivity index (χ3v) is 5.19. The Kier molecular flexibility index (Phi) is 3.99. The van der Waals surface area contributed by atoms with Crippen LogP contribution in [-0.4, -0.2) is 52.8 Å². The number of rotatable bonds is 3. The number of aromatic nitrogens is 1. The number of aliphatic hydroxyl groups excluding tert-OH is 1. The fourth-order valence-corrected chi connectivity index (χ4v) is 3.82. The minimum Gasteiger partial charge on any atom is -0.436 e. The van der Waals surface area contributed by atoms with E-state index in [1.54, 1.807) is 18.7 Å². The van der Waals surface area contributed by atoms with Gasteiger partial charge in [0.2, 0.25) is 5.76 Å². The molecule has 0 aromatic carbocycles. The summed E-state index contributed by atoms with van der Waals surface area (Å²) in [5.41, 5.74) is 0.470. The van der Waals surface area contributed by atoms with Crippen molar-refractivity contribution in [3.63, 3.8) is 0 Å². The molecule has 0 bridgehead atoms. The van der Waals surface area contributed by atoms with E-state index >= 15 is 0 Å². The first-order valence-corrected chi connectivity index (χ1v) is 8.01. The van der Waals surface area contributed by atoms with Gasteiger partial charge in [-0.05, 0) is 26.7 Å². The summed E-state index contributed by atoms with van der Waals surface area (Å²) in [7, 11) is 0. The van der Waals surface area contributed by atoms with Crippen LogP contribution in [0.5, 0.6) is 0 Å². The van der Waals surface area contributed by atoms with Crippen molar-refractivity contribution in [2.24, 2.45) is 5.41 Å². The van der Waals surface area contributed by atoms with Gasteiger partial charge in [-0.3, -0.25) is 4.79 Å². The number of aliphatic hydroxyl groups is 1. The van der Waals surface area contributed by atoms with E-state index in [0.717, 1.165) is 12.8 Å². The molecule has 1 amide bonds. The normalized spacial score (nSPS) is 27.0. The molecule has 2 aliphatic rings. The van der Waals surface area contributed by atoms with Crippen molar-refractivity contribution in [2.75, 3.05) is 19.7 Å². The number of amides is 1. The van der Waals surface area contributed by atoms with Crippen molar-refractivity contribution >= 4 is 5.91 Å². The summed E-state index contributed by atoms with van der Waals surface area (Å²) < 4.78 is 11.2. The number of ether oxygens (including phenoxy) is 1. The molecule has 6 heteroatoms. The molecule has 1 aliphatic heterocycles. The maximum absolute atomic E-state index is 12.5. The Hall–Kier alpha value is -1.40. The highest BCUT2D eigenvalue weighted by Crippen LogP contribution is 2.51. The largest absolute Gasteiger partial charge is 0.436 e. The average Bonchev–Trinajstić information content (AvgIpc) is 2.85. The number of hydrogen-bond acceptors (Lipinski definition) is 5. The first-order valence-electron chi connectivity index (χ1n) is 8.01. The van der Waals surface area contributed by atoms with Gasteiger partial charge in [0.05, 0.1) is 17.9 Å². The van der Waals surface area contributed by atoms with Gasteiger partial charge in [-0.2, -0.15) is 0 Å². The van der Waals surface area contributed by atoms with E-state index in [9.17, 15) is 9.90 Å². The fraction of sp³-hybridized carbons (Fsp3) is 0.750. The molecule has 22 heavy (non-hydrogen) atoms. The second-order valence-corrected chi connectivity index (χ2v) is 6.37. The maximum atomic E-state index is 12.5. The van der Waals surface area contributed by atoms with Crippen LogP contribution in [0.3, 0.4) is 0 Å². The van der Waals surface area contributed by atoms with E-state index < -0.39 is 0 Å². The lowest BCUT2D eigenvalue weighted by Gasteiger charge is -2.56. The van der Waals surface area contributed by atoms with Crippen molar-refractivity contribution in [3.05, 3.63) is 17.3 Å². The first-order chi connectivity index (χ1) is 10.5. The Morgan fingerprint density at radius 3 is 2.64 bits per heavy atom. The number of nitrogens with zero attached hydrogens (tertiary/aromatic N) is 2. The maximum Gasteiger partial charge on any atom is 0.291 e. The van der Waals surface area contributed by atoms with Gasteiger partial charge in [-0.15, -0.1) is 0 Å². The van der Waals surface area contributed by atoms with E-state index in [1.807, 2.05) is 6.92 Å². The molecule has 1 aliphatic carbocycles. The topological polar surface area (TPSA) is 75.8 Å². The Bertz CT molecular complexity index is 558. The first kappa shape index (κ1) is 15.5. The minimum atomic E-state index is -0.310. The highest BCUT2D eigenvalue weighted by Gasteiger charge is 2.56. The summed E-state index contributed by atoms with van der Waals surface area (Å²) >= 11 is 0. The van der Waals surface area contributed by atoms with Crippen molar-refractivity contribution in [2.45, 2.75) is 52.2 Å². The highest BCUT2D eigenvalue weighted by atomic mass is 16.5. The van der Waals surface area contributed by atoms with Gasteiger partial charge in [0.25, 0.3) is 5.91 Å². The van der Waals surface area contributed by atoms with Crippen molar-refractivity contribution in [3.8, 4) is 0 Å². The molecule has 2 heterocycles. The van der Waals surface area contributed by atoms with Crippen LogP contribution in [0.1, 0.15) is 48.3 Å². The van der Waals surface area contributed by atoms with Gasteiger partial charge in [-0.25, -0.2) is 4.98 Å². The summed E-state index contributed by atoms with van der Waals surface area (Å²) in [4.78, 5) is 18.5. The van der Waals surface area contributed by atoms with Crippen LogP contribution in [0.2, 0.25) is 0 Å². The summed E-state index contributed by atoms with van der Waals surface area (Å²) in [6.45, 7) is 7.42. The molecule has 1 N–H and O–H groups in total. The molecule has 2 fully saturated rings. The molecule has 0 radical (unpaired) electrons.